The molecular weight excluding hydrogens is 279 g/mol. The molecule has 7 heteroatoms. The van der Waals surface area contributed by atoms with E-state index < -0.39 is 16.6 Å². The molecule has 1 amide bonds. The van der Waals surface area contributed by atoms with Gasteiger partial charge in [-0.1, -0.05) is 13.8 Å². The third-order valence-electron chi connectivity index (χ3n) is 3.14. The summed E-state index contributed by atoms with van der Waals surface area (Å²) >= 11 is 0. The lowest BCUT2D eigenvalue weighted by molar-refractivity contribution is -0.384. The molecule has 0 aliphatic rings. The minimum atomic E-state index is -0.800. The van der Waals surface area contributed by atoms with Crippen molar-refractivity contribution in [3.63, 3.8) is 0 Å². The molecule has 21 heavy (non-hydrogen) atoms. The molecule has 0 aliphatic carbocycles. The minimum Gasteiger partial charge on any atom is -0.396 e. The fourth-order valence-electron chi connectivity index (χ4n) is 1.86. The predicted molar refractivity (Wildman–Crippen MR) is 75.5 cm³/mol. The van der Waals surface area contributed by atoms with E-state index in [1.807, 2.05) is 13.8 Å². The molecule has 0 atom stereocenters. The Balaban J connectivity index is 2.76. The van der Waals surface area contributed by atoms with Crippen LogP contribution in [0.1, 0.15) is 37.0 Å². The van der Waals surface area contributed by atoms with Crippen LogP contribution in [0, 0.1) is 21.3 Å². The number of carbonyl (C=O) groups excluding carboxylic acids is 1. The summed E-state index contributed by atoms with van der Waals surface area (Å²) in [4.78, 5) is 21.9. The highest BCUT2D eigenvalue weighted by Crippen LogP contribution is 2.21. The second-order valence-electron chi connectivity index (χ2n) is 5.60. The third-order valence-corrected chi connectivity index (χ3v) is 3.14. The third kappa shape index (κ3) is 5.11. The Morgan fingerprint density at radius 2 is 2.14 bits per heavy atom. The van der Waals surface area contributed by atoms with Crippen molar-refractivity contribution in [2.45, 2.75) is 26.7 Å². The van der Waals surface area contributed by atoms with E-state index >= 15 is 0 Å². The molecule has 0 bridgehead atoms. The molecule has 0 spiro atoms. The monoisotopic (exact) mass is 298 g/mol. The maximum Gasteiger partial charge on any atom is 0.270 e. The first-order valence-electron chi connectivity index (χ1n) is 6.60. The SMILES string of the molecule is CC(C)(CCCO)CNC(=O)c1cc([N+](=O)[O-])ccc1F. The van der Waals surface area contributed by atoms with Crippen molar-refractivity contribution in [2.24, 2.45) is 5.41 Å². The summed E-state index contributed by atoms with van der Waals surface area (Å²) in [6, 6.07) is 2.84. The van der Waals surface area contributed by atoms with Gasteiger partial charge in [0.1, 0.15) is 5.82 Å². The lowest BCUT2D eigenvalue weighted by Crippen LogP contribution is -2.34. The van der Waals surface area contributed by atoms with Gasteiger partial charge in [0.05, 0.1) is 10.5 Å². The highest BCUT2D eigenvalue weighted by Gasteiger charge is 2.21. The molecule has 0 radical (unpaired) electrons. The van der Waals surface area contributed by atoms with Gasteiger partial charge in [-0.05, 0) is 24.3 Å². The van der Waals surface area contributed by atoms with E-state index in [4.69, 9.17) is 5.11 Å². The summed E-state index contributed by atoms with van der Waals surface area (Å²) in [6.45, 7) is 4.17. The van der Waals surface area contributed by atoms with Gasteiger partial charge in [0.25, 0.3) is 11.6 Å². The van der Waals surface area contributed by atoms with Crippen LogP contribution in [0.5, 0.6) is 0 Å². The number of nitrogens with one attached hydrogen (secondary N) is 1. The van der Waals surface area contributed by atoms with E-state index in [0.29, 0.717) is 12.8 Å². The number of halogens is 1. The van der Waals surface area contributed by atoms with Gasteiger partial charge in [-0.2, -0.15) is 0 Å². The van der Waals surface area contributed by atoms with Crippen molar-refractivity contribution < 1.29 is 19.2 Å². The zero-order valence-corrected chi connectivity index (χ0v) is 12.1. The molecule has 0 unspecified atom stereocenters. The zero-order valence-electron chi connectivity index (χ0n) is 12.1. The summed E-state index contributed by atoms with van der Waals surface area (Å²) in [6.07, 6.45) is 1.30. The number of nitrogens with zero attached hydrogens (tertiary/aromatic N) is 1. The molecule has 0 saturated heterocycles. The maximum atomic E-state index is 13.6. The highest BCUT2D eigenvalue weighted by atomic mass is 19.1. The summed E-state index contributed by atoms with van der Waals surface area (Å²) in [5, 5.41) is 22.0. The summed E-state index contributed by atoms with van der Waals surface area (Å²) in [5.74, 6) is -1.49. The van der Waals surface area contributed by atoms with Crippen LogP contribution in [0.15, 0.2) is 18.2 Å². The average molecular weight is 298 g/mol. The summed E-state index contributed by atoms with van der Waals surface area (Å²) < 4.78 is 13.6. The molecule has 6 nitrogen and oxygen atoms in total. The van der Waals surface area contributed by atoms with E-state index in [9.17, 15) is 19.3 Å². The maximum absolute atomic E-state index is 13.6. The molecule has 2 N–H and O–H groups in total. The number of aliphatic hydroxyl groups is 1. The fourth-order valence-corrected chi connectivity index (χ4v) is 1.86. The summed E-state index contributed by atoms with van der Waals surface area (Å²) in [5.41, 5.74) is -0.932. The van der Waals surface area contributed by atoms with Crippen LogP contribution in [0.3, 0.4) is 0 Å². The Hall–Kier alpha value is -2.02. The normalized spacial score (nSPS) is 11.2. The Kier molecular flexibility index (Phi) is 5.78. The van der Waals surface area contributed by atoms with E-state index in [2.05, 4.69) is 5.32 Å². The lowest BCUT2D eigenvalue weighted by atomic mass is 9.88. The van der Waals surface area contributed by atoms with Crippen LogP contribution >= 0.6 is 0 Å². The van der Waals surface area contributed by atoms with E-state index in [1.54, 1.807) is 0 Å². The molecule has 1 rings (SSSR count). The van der Waals surface area contributed by atoms with Crippen LogP contribution in [-0.2, 0) is 0 Å². The first kappa shape index (κ1) is 17.0. The molecule has 1 aromatic rings. The van der Waals surface area contributed by atoms with Crippen LogP contribution in [0.25, 0.3) is 0 Å². The molecule has 116 valence electrons. The van der Waals surface area contributed by atoms with E-state index in [-0.39, 0.29) is 29.8 Å². The summed E-state index contributed by atoms with van der Waals surface area (Å²) in [7, 11) is 0. The highest BCUT2D eigenvalue weighted by molar-refractivity contribution is 5.95. The Labute approximate surface area is 122 Å². The largest absolute Gasteiger partial charge is 0.396 e. The van der Waals surface area contributed by atoms with Crippen molar-refractivity contribution in [1.29, 1.82) is 0 Å². The number of hydrogen-bond acceptors (Lipinski definition) is 4. The van der Waals surface area contributed by atoms with Crippen LogP contribution in [-0.4, -0.2) is 29.1 Å². The molecule has 0 saturated carbocycles. The molecule has 0 aromatic heterocycles. The Bertz CT molecular complexity index is 532. The van der Waals surface area contributed by atoms with Crippen molar-refractivity contribution in [3.05, 3.63) is 39.7 Å². The molecule has 1 aromatic carbocycles. The van der Waals surface area contributed by atoms with Crippen molar-refractivity contribution in [2.75, 3.05) is 13.2 Å². The van der Waals surface area contributed by atoms with Gasteiger partial charge >= 0.3 is 0 Å². The van der Waals surface area contributed by atoms with E-state index in [0.717, 1.165) is 18.2 Å². The predicted octanol–water partition coefficient (Wildman–Crippen LogP) is 2.26. The lowest BCUT2D eigenvalue weighted by Gasteiger charge is -2.24. The van der Waals surface area contributed by atoms with Crippen molar-refractivity contribution in [3.8, 4) is 0 Å². The number of amides is 1. The second-order valence-corrected chi connectivity index (χ2v) is 5.60. The average Bonchev–Trinajstić information content (AvgIpc) is 2.43. The number of non-ortho nitro benzene ring substituents is 1. The number of hydrogen-bond donors (Lipinski definition) is 2. The molecule has 0 heterocycles. The van der Waals surface area contributed by atoms with Gasteiger partial charge in [0.2, 0.25) is 0 Å². The van der Waals surface area contributed by atoms with Gasteiger partial charge < -0.3 is 10.4 Å². The van der Waals surface area contributed by atoms with Crippen LogP contribution < -0.4 is 5.32 Å². The van der Waals surface area contributed by atoms with Gasteiger partial charge in [-0.3, -0.25) is 14.9 Å². The Morgan fingerprint density at radius 3 is 2.71 bits per heavy atom. The van der Waals surface area contributed by atoms with Crippen molar-refractivity contribution in [1.82, 2.24) is 5.32 Å². The fraction of sp³-hybridized carbons (Fsp3) is 0.500. The van der Waals surface area contributed by atoms with E-state index in [1.165, 1.54) is 0 Å². The number of carbonyl (C=O) groups is 1. The van der Waals surface area contributed by atoms with Crippen molar-refractivity contribution >= 4 is 11.6 Å². The second kappa shape index (κ2) is 7.12. The minimum absolute atomic E-state index is 0.0664. The number of rotatable bonds is 7. The van der Waals surface area contributed by atoms with Gasteiger partial charge in [0, 0.05) is 25.3 Å². The molecular formula is C14H19FN2O4. The molecule has 0 fully saturated rings. The van der Waals surface area contributed by atoms with Crippen LogP contribution in [0.4, 0.5) is 10.1 Å². The van der Waals surface area contributed by atoms with Crippen LogP contribution in [0.2, 0.25) is 0 Å². The van der Waals surface area contributed by atoms with Gasteiger partial charge in [-0.25, -0.2) is 4.39 Å². The first-order chi connectivity index (χ1) is 9.76. The number of nitro benzene ring substituents is 1. The standard InChI is InChI=1S/C14H19FN2O4/c1-14(2,6-3-7-18)9-16-13(19)11-8-10(17(20)21)4-5-12(11)15/h4-5,8,18H,3,6-7,9H2,1-2H3,(H,16,19). The van der Waals surface area contributed by atoms with Gasteiger partial charge in [0.15, 0.2) is 0 Å². The zero-order chi connectivity index (χ0) is 16.0. The number of nitro groups is 1. The number of aliphatic hydroxyl groups excluding tert-OH is 1. The smallest absolute Gasteiger partial charge is 0.270 e. The number of benzene rings is 1. The first-order valence-corrected chi connectivity index (χ1v) is 6.60. The van der Waals surface area contributed by atoms with Gasteiger partial charge in [-0.15, -0.1) is 0 Å². The topological polar surface area (TPSA) is 92.5 Å². The quantitative estimate of drug-likeness (QED) is 0.596. The Morgan fingerprint density at radius 1 is 1.48 bits per heavy atom. The molecule has 0 aliphatic heterocycles.